The zero-order chi connectivity index (χ0) is 17.9. The van der Waals surface area contributed by atoms with Gasteiger partial charge in [-0.15, -0.1) is 11.3 Å². The summed E-state index contributed by atoms with van der Waals surface area (Å²) in [4.78, 5) is 28.3. The lowest BCUT2D eigenvalue weighted by molar-refractivity contribution is -0.154. The number of hydrogen-bond donors (Lipinski definition) is 2. The predicted molar refractivity (Wildman–Crippen MR) is 95.0 cm³/mol. The number of aliphatic carboxylic acids is 1. The molecular formula is C17H17ClN2O4S. The average molecular weight is 381 g/mol. The minimum Gasteiger partial charge on any atom is -0.481 e. The summed E-state index contributed by atoms with van der Waals surface area (Å²) in [6.07, 6.45) is 0.769. The zero-order valence-electron chi connectivity index (χ0n) is 13.3. The van der Waals surface area contributed by atoms with Gasteiger partial charge in [0.15, 0.2) is 0 Å². The van der Waals surface area contributed by atoms with E-state index in [2.05, 4.69) is 10.3 Å². The van der Waals surface area contributed by atoms with Crippen LogP contribution >= 0.6 is 22.9 Å². The quantitative estimate of drug-likeness (QED) is 0.832. The van der Waals surface area contributed by atoms with E-state index in [1.807, 2.05) is 12.1 Å². The molecule has 0 saturated carbocycles. The van der Waals surface area contributed by atoms with Crippen LogP contribution in [0.15, 0.2) is 29.6 Å². The first-order chi connectivity index (χ1) is 12.0. The first-order valence-corrected chi connectivity index (χ1v) is 9.07. The summed E-state index contributed by atoms with van der Waals surface area (Å²) in [5.74, 6) is -1.28. The molecule has 0 radical (unpaired) electrons. The first kappa shape index (κ1) is 17.8. The lowest BCUT2D eigenvalue weighted by Crippen LogP contribution is -2.46. The van der Waals surface area contributed by atoms with Crippen LogP contribution in [0.4, 0.5) is 0 Å². The highest BCUT2D eigenvalue weighted by Crippen LogP contribution is 2.30. The molecule has 0 unspecified atom stereocenters. The number of nitrogens with one attached hydrogen (secondary N) is 1. The Morgan fingerprint density at radius 2 is 1.96 bits per heavy atom. The minimum atomic E-state index is -0.969. The highest BCUT2D eigenvalue weighted by atomic mass is 35.5. The van der Waals surface area contributed by atoms with Crippen LogP contribution in [0.1, 0.15) is 23.3 Å². The molecule has 1 saturated heterocycles. The third-order valence-corrected chi connectivity index (χ3v) is 5.46. The zero-order valence-corrected chi connectivity index (χ0v) is 14.9. The number of benzene rings is 1. The van der Waals surface area contributed by atoms with Crippen LogP contribution < -0.4 is 5.32 Å². The number of hydrogen-bond acceptors (Lipinski definition) is 5. The fourth-order valence-corrected chi connectivity index (χ4v) is 3.60. The molecule has 0 spiro atoms. The van der Waals surface area contributed by atoms with Crippen LogP contribution in [-0.2, 0) is 9.53 Å². The van der Waals surface area contributed by atoms with Crippen molar-refractivity contribution in [3.05, 3.63) is 40.4 Å². The molecule has 1 aliphatic heterocycles. The maximum Gasteiger partial charge on any atom is 0.311 e. The van der Waals surface area contributed by atoms with Crippen molar-refractivity contribution in [1.82, 2.24) is 10.3 Å². The van der Waals surface area contributed by atoms with Crippen LogP contribution in [0.5, 0.6) is 0 Å². The molecule has 1 aliphatic rings. The summed E-state index contributed by atoms with van der Waals surface area (Å²) in [5.41, 5.74) is 0.186. The van der Waals surface area contributed by atoms with Gasteiger partial charge in [-0.2, -0.15) is 0 Å². The molecule has 1 aromatic carbocycles. The van der Waals surface area contributed by atoms with Crippen LogP contribution in [0.3, 0.4) is 0 Å². The van der Waals surface area contributed by atoms with Crippen molar-refractivity contribution in [1.29, 1.82) is 0 Å². The SMILES string of the molecule is O=C(NCC1(C(=O)O)CCOCC1)c1csc(-c2ccc(Cl)cc2)n1. The second-order valence-corrected chi connectivity index (χ2v) is 7.22. The predicted octanol–water partition coefficient (Wildman–Crippen LogP) is 3.07. The number of carboxylic acid groups (broad SMARTS) is 1. The largest absolute Gasteiger partial charge is 0.481 e. The topological polar surface area (TPSA) is 88.5 Å². The highest BCUT2D eigenvalue weighted by Gasteiger charge is 2.40. The summed E-state index contributed by atoms with van der Waals surface area (Å²) in [5, 5.41) is 15.2. The number of rotatable bonds is 5. The first-order valence-electron chi connectivity index (χ1n) is 7.81. The molecule has 1 aromatic heterocycles. The molecule has 2 N–H and O–H groups in total. The van der Waals surface area contributed by atoms with Crippen LogP contribution in [0.25, 0.3) is 10.6 Å². The Balaban J connectivity index is 1.67. The lowest BCUT2D eigenvalue weighted by Gasteiger charge is -2.32. The molecule has 8 heteroatoms. The fourth-order valence-electron chi connectivity index (χ4n) is 2.67. The van der Waals surface area contributed by atoms with Crippen LogP contribution in [0.2, 0.25) is 5.02 Å². The van der Waals surface area contributed by atoms with Gasteiger partial charge in [0, 0.05) is 35.7 Å². The molecule has 3 rings (SSSR count). The number of carbonyl (C=O) groups is 2. The summed E-state index contributed by atoms with van der Waals surface area (Å²) in [7, 11) is 0. The van der Waals surface area contributed by atoms with E-state index in [-0.39, 0.29) is 18.1 Å². The molecule has 132 valence electrons. The molecule has 25 heavy (non-hydrogen) atoms. The van der Waals surface area contributed by atoms with E-state index in [0.29, 0.717) is 36.1 Å². The van der Waals surface area contributed by atoms with Crippen molar-refractivity contribution < 1.29 is 19.4 Å². The Labute approximate surface area is 153 Å². The van der Waals surface area contributed by atoms with Crippen molar-refractivity contribution in [2.45, 2.75) is 12.8 Å². The Kier molecular flexibility index (Phi) is 5.36. The van der Waals surface area contributed by atoms with Crippen molar-refractivity contribution in [2.24, 2.45) is 5.41 Å². The molecule has 0 bridgehead atoms. The lowest BCUT2D eigenvalue weighted by atomic mass is 9.80. The van der Waals surface area contributed by atoms with E-state index in [4.69, 9.17) is 16.3 Å². The van der Waals surface area contributed by atoms with E-state index < -0.39 is 11.4 Å². The van der Waals surface area contributed by atoms with Gasteiger partial charge in [-0.25, -0.2) is 4.98 Å². The molecule has 0 aliphatic carbocycles. The van der Waals surface area contributed by atoms with E-state index in [9.17, 15) is 14.7 Å². The van der Waals surface area contributed by atoms with E-state index >= 15 is 0 Å². The third-order valence-electron chi connectivity index (χ3n) is 4.32. The molecular weight excluding hydrogens is 364 g/mol. The van der Waals surface area contributed by atoms with Gasteiger partial charge < -0.3 is 15.2 Å². The summed E-state index contributed by atoms with van der Waals surface area (Å²) >= 11 is 7.22. The van der Waals surface area contributed by atoms with Gasteiger partial charge in [0.05, 0.1) is 5.41 Å². The second-order valence-electron chi connectivity index (χ2n) is 5.93. The monoisotopic (exact) mass is 380 g/mol. The van der Waals surface area contributed by atoms with Crippen LogP contribution in [-0.4, -0.2) is 41.7 Å². The number of carboxylic acids is 1. The Hall–Kier alpha value is -1.96. The van der Waals surface area contributed by atoms with Crippen molar-refractivity contribution in [3.8, 4) is 10.6 Å². The normalized spacial score (nSPS) is 16.4. The Morgan fingerprint density at radius 3 is 2.60 bits per heavy atom. The average Bonchev–Trinajstić information content (AvgIpc) is 3.11. The second kappa shape index (κ2) is 7.51. The third kappa shape index (κ3) is 4.00. The van der Waals surface area contributed by atoms with E-state index in [1.54, 1.807) is 17.5 Å². The highest BCUT2D eigenvalue weighted by molar-refractivity contribution is 7.13. The van der Waals surface area contributed by atoms with Crippen molar-refractivity contribution >= 4 is 34.8 Å². The van der Waals surface area contributed by atoms with E-state index in [0.717, 1.165) is 5.56 Å². The number of ether oxygens (including phenoxy) is 1. The molecule has 6 nitrogen and oxygen atoms in total. The standard InChI is InChI=1S/C17H17ClN2O4S/c18-12-3-1-11(2-4-12)15-20-13(9-25-15)14(21)19-10-17(16(22)23)5-7-24-8-6-17/h1-4,9H,5-8,10H2,(H,19,21)(H,22,23). The molecule has 0 atom stereocenters. The van der Waals surface area contributed by atoms with Crippen molar-refractivity contribution in [3.63, 3.8) is 0 Å². The van der Waals surface area contributed by atoms with Crippen molar-refractivity contribution in [2.75, 3.05) is 19.8 Å². The molecule has 1 fully saturated rings. The Morgan fingerprint density at radius 1 is 1.28 bits per heavy atom. The maximum atomic E-state index is 12.3. The Bertz CT molecular complexity index is 769. The van der Waals surface area contributed by atoms with Gasteiger partial charge in [-0.05, 0) is 25.0 Å². The summed E-state index contributed by atoms with van der Waals surface area (Å²) in [6.45, 7) is 0.845. The number of carbonyl (C=O) groups excluding carboxylic acids is 1. The molecule has 1 amide bonds. The van der Waals surface area contributed by atoms with Gasteiger partial charge in [0.25, 0.3) is 5.91 Å². The van der Waals surface area contributed by atoms with E-state index in [1.165, 1.54) is 11.3 Å². The van der Waals surface area contributed by atoms with Gasteiger partial charge in [-0.3, -0.25) is 9.59 Å². The number of thiazole rings is 1. The molecule has 2 aromatic rings. The van der Waals surface area contributed by atoms with Crippen LogP contribution in [0, 0.1) is 5.41 Å². The van der Waals surface area contributed by atoms with Gasteiger partial charge in [0.2, 0.25) is 0 Å². The smallest absolute Gasteiger partial charge is 0.311 e. The summed E-state index contributed by atoms with van der Waals surface area (Å²) < 4.78 is 5.23. The van der Waals surface area contributed by atoms with Gasteiger partial charge in [-0.1, -0.05) is 23.7 Å². The summed E-state index contributed by atoms with van der Waals surface area (Å²) in [6, 6.07) is 7.20. The fraction of sp³-hybridized carbons (Fsp3) is 0.353. The number of aromatic nitrogens is 1. The number of amides is 1. The maximum absolute atomic E-state index is 12.3. The van der Waals surface area contributed by atoms with Gasteiger partial charge in [0.1, 0.15) is 10.7 Å². The van der Waals surface area contributed by atoms with Gasteiger partial charge >= 0.3 is 5.97 Å². The number of nitrogens with zero attached hydrogens (tertiary/aromatic N) is 1. The minimum absolute atomic E-state index is 0.0678. The molecule has 2 heterocycles. The number of halogens is 1.